The number of hydrazine groups is 1. The maximum atomic E-state index is 12.5. The molecule has 1 aromatic heterocycles. The number of fused-ring (bicyclic) bond motifs is 2. The van der Waals surface area contributed by atoms with E-state index in [-0.39, 0.29) is 11.8 Å². The Morgan fingerprint density at radius 3 is 3.04 bits per heavy atom. The Labute approximate surface area is 151 Å². The van der Waals surface area contributed by atoms with E-state index in [1.807, 2.05) is 18.2 Å². The molecule has 3 fully saturated rings. The highest BCUT2D eigenvalue weighted by molar-refractivity contribution is 7.22. The first-order valence-electron chi connectivity index (χ1n) is 9.15. The number of thiazole rings is 1. The van der Waals surface area contributed by atoms with Gasteiger partial charge in [-0.1, -0.05) is 23.5 Å². The van der Waals surface area contributed by atoms with Crippen LogP contribution in [-0.4, -0.2) is 42.6 Å². The van der Waals surface area contributed by atoms with E-state index in [1.54, 1.807) is 11.3 Å². The summed E-state index contributed by atoms with van der Waals surface area (Å²) in [4.78, 5) is 19.4. The molecule has 3 unspecified atom stereocenters. The molecule has 2 saturated heterocycles. The van der Waals surface area contributed by atoms with Gasteiger partial charge in [-0.3, -0.25) is 15.6 Å². The van der Waals surface area contributed by atoms with Crippen molar-refractivity contribution in [1.82, 2.24) is 21.2 Å². The average molecular weight is 357 g/mol. The van der Waals surface area contributed by atoms with Gasteiger partial charge < -0.3 is 10.2 Å². The topological polar surface area (TPSA) is 69.3 Å². The van der Waals surface area contributed by atoms with Crippen molar-refractivity contribution in [3.05, 3.63) is 24.3 Å². The molecule has 3 N–H and O–H groups in total. The number of amides is 1. The number of carbonyl (C=O) groups is 1. The van der Waals surface area contributed by atoms with Crippen molar-refractivity contribution in [2.45, 2.75) is 31.3 Å². The quantitative estimate of drug-likeness (QED) is 0.777. The fourth-order valence-corrected chi connectivity index (χ4v) is 5.21. The zero-order valence-corrected chi connectivity index (χ0v) is 14.9. The number of nitrogens with zero attached hydrogens (tertiary/aromatic N) is 2. The third kappa shape index (κ3) is 2.90. The monoisotopic (exact) mass is 357 g/mol. The van der Waals surface area contributed by atoms with Crippen LogP contribution in [0.4, 0.5) is 5.13 Å². The lowest BCUT2D eigenvalue weighted by Crippen LogP contribution is -2.56. The SMILES string of the molecule is O=C(NC1CCC2CNNC2C1)C1CN(c2nc3ccccc3s2)C1. The predicted octanol–water partition coefficient (Wildman–Crippen LogP) is 1.49. The zero-order chi connectivity index (χ0) is 16.8. The molecule has 1 saturated carbocycles. The molecular formula is C18H23N5OS. The van der Waals surface area contributed by atoms with E-state index >= 15 is 0 Å². The molecule has 2 aromatic rings. The number of aromatic nitrogens is 1. The fraction of sp³-hybridized carbons (Fsp3) is 0.556. The molecule has 25 heavy (non-hydrogen) atoms. The minimum Gasteiger partial charge on any atom is -0.353 e. The Balaban J connectivity index is 1.15. The van der Waals surface area contributed by atoms with Crippen LogP contribution in [0.2, 0.25) is 0 Å². The summed E-state index contributed by atoms with van der Waals surface area (Å²) in [6.45, 7) is 2.62. The summed E-state index contributed by atoms with van der Waals surface area (Å²) >= 11 is 1.71. The predicted molar refractivity (Wildman–Crippen MR) is 99.5 cm³/mol. The van der Waals surface area contributed by atoms with Gasteiger partial charge in [0.15, 0.2) is 5.13 Å². The van der Waals surface area contributed by atoms with Crippen LogP contribution in [0.1, 0.15) is 19.3 Å². The number of nitrogens with one attached hydrogen (secondary N) is 3. The lowest BCUT2D eigenvalue weighted by atomic mass is 9.83. The molecule has 6 nitrogen and oxygen atoms in total. The summed E-state index contributed by atoms with van der Waals surface area (Å²) in [6, 6.07) is 9.03. The second kappa shape index (κ2) is 6.23. The molecule has 3 aliphatic rings. The molecule has 1 aliphatic carbocycles. The van der Waals surface area contributed by atoms with Crippen molar-refractivity contribution >= 4 is 32.6 Å². The molecule has 1 amide bonds. The molecule has 0 bridgehead atoms. The lowest BCUT2D eigenvalue weighted by molar-refractivity contribution is -0.126. The molecule has 3 heterocycles. The Morgan fingerprint density at radius 2 is 2.16 bits per heavy atom. The molecular weight excluding hydrogens is 334 g/mol. The van der Waals surface area contributed by atoms with Crippen LogP contribution in [0.3, 0.4) is 0 Å². The summed E-state index contributed by atoms with van der Waals surface area (Å²) in [5.74, 6) is 1.04. The number of hydrogen-bond donors (Lipinski definition) is 3. The van der Waals surface area contributed by atoms with Gasteiger partial charge in [0.1, 0.15) is 0 Å². The highest BCUT2D eigenvalue weighted by Crippen LogP contribution is 2.33. The molecule has 0 spiro atoms. The van der Waals surface area contributed by atoms with Crippen LogP contribution < -0.4 is 21.1 Å². The summed E-state index contributed by atoms with van der Waals surface area (Å²) < 4.78 is 1.21. The molecule has 5 rings (SSSR count). The summed E-state index contributed by atoms with van der Waals surface area (Å²) in [6.07, 6.45) is 3.33. The number of benzene rings is 1. The van der Waals surface area contributed by atoms with E-state index in [1.165, 1.54) is 11.1 Å². The van der Waals surface area contributed by atoms with E-state index in [2.05, 4.69) is 32.1 Å². The Morgan fingerprint density at radius 1 is 1.28 bits per heavy atom. The second-order valence-electron chi connectivity index (χ2n) is 7.48. The standard InChI is InChI=1S/C18H23N5OS/c24-17(20-13-6-5-11-8-19-22-15(11)7-13)12-9-23(10-12)18-21-14-3-1-2-4-16(14)25-18/h1-4,11-13,15,19,22H,5-10H2,(H,20,24). The second-order valence-corrected chi connectivity index (χ2v) is 8.49. The first-order valence-corrected chi connectivity index (χ1v) is 9.97. The van der Waals surface area contributed by atoms with Crippen molar-refractivity contribution in [3.8, 4) is 0 Å². The molecule has 2 aliphatic heterocycles. The summed E-state index contributed by atoms with van der Waals surface area (Å²) in [5, 5.41) is 4.32. The average Bonchev–Trinajstić information content (AvgIpc) is 3.18. The smallest absolute Gasteiger partial charge is 0.226 e. The third-order valence-electron chi connectivity index (χ3n) is 5.80. The minimum atomic E-state index is 0.0967. The van der Waals surface area contributed by atoms with Crippen LogP contribution in [0, 0.1) is 11.8 Å². The van der Waals surface area contributed by atoms with Crippen LogP contribution >= 0.6 is 11.3 Å². The van der Waals surface area contributed by atoms with E-state index < -0.39 is 0 Å². The molecule has 0 radical (unpaired) electrons. The first kappa shape index (κ1) is 15.5. The van der Waals surface area contributed by atoms with Gasteiger partial charge in [-0.05, 0) is 37.3 Å². The van der Waals surface area contributed by atoms with Gasteiger partial charge in [0.25, 0.3) is 0 Å². The third-order valence-corrected chi connectivity index (χ3v) is 6.89. The van der Waals surface area contributed by atoms with Gasteiger partial charge in [0, 0.05) is 31.7 Å². The van der Waals surface area contributed by atoms with Crippen LogP contribution in [-0.2, 0) is 4.79 Å². The fourth-order valence-electron chi connectivity index (χ4n) is 4.22. The first-order chi connectivity index (χ1) is 12.3. The highest BCUT2D eigenvalue weighted by Gasteiger charge is 2.38. The van der Waals surface area contributed by atoms with Crippen LogP contribution in [0.5, 0.6) is 0 Å². The molecule has 7 heteroatoms. The Kier molecular flexibility index (Phi) is 3.87. The molecule has 1 aromatic carbocycles. The van der Waals surface area contributed by atoms with Crippen molar-refractivity contribution < 1.29 is 4.79 Å². The van der Waals surface area contributed by atoms with Crippen molar-refractivity contribution in [1.29, 1.82) is 0 Å². The van der Waals surface area contributed by atoms with Gasteiger partial charge in [-0.15, -0.1) is 0 Å². The van der Waals surface area contributed by atoms with Crippen LogP contribution in [0.15, 0.2) is 24.3 Å². The van der Waals surface area contributed by atoms with E-state index in [0.29, 0.717) is 12.1 Å². The largest absolute Gasteiger partial charge is 0.353 e. The highest BCUT2D eigenvalue weighted by atomic mass is 32.1. The maximum Gasteiger partial charge on any atom is 0.226 e. The van der Waals surface area contributed by atoms with Gasteiger partial charge in [0.05, 0.1) is 16.1 Å². The van der Waals surface area contributed by atoms with Crippen molar-refractivity contribution in [2.24, 2.45) is 11.8 Å². The van der Waals surface area contributed by atoms with E-state index in [4.69, 9.17) is 0 Å². The molecule has 3 atom stereocenters. The number of carbonyl (C=O) groups excluding carboxylic acids is 1. The van der Waals surface area contributed by atoms with Crippen molar-refractivity contribution in [2.75, 3.05) is 24.5 Å². The summed E-state index contributed by atoms with van der Waals surface area (Å²) in [7, 11) is 0. The lowest BCUT2D eigenvalue weighted by Gasteiger charge is -2.39. The number of para-hydroxylation sites is 1. The van der Waals surface area contributed by atoms with Crippen molar-refractivity contribution in [3.63, 3.8) is 0 Å². The normalized spacial score (nSPS) is 29.4. The van der Waals surface area contributed by atoms with Crippen LogP contribution in [0.25, 0.3) is 10.2 Å². The Hall–Kier alpha value is -1.70. The maximum absolute atomic E-state index is 12.5. The summed E-state index contributed by atoms with van der Waals surface area (Å²) in [5.41, 5.74) is 7.63. The number of anilines is 1. The zero-order valence-electron chi connectivity index (χ0n) is 14.1. The number of rotatable bonds is 3. The van der Waals surface area contributed by atoms with Gasteiger partial charge >= 0.3 is 0 Å². The van der Waals surface area contributed by atoms with Gasteiger partial charge in [0.2, 0.25) is 5.91 Å². The van der Waals surface area contributed by atoms with E-state index in [9.17, 15) is 4.79 Å². The minimum absolute atomic E-state index is 0.0967. The van der Waals surface area contributed by atoms with E-state index in [0.717, 1.165) is 49.0 Å². The molecule has 132 valence electrons. The van der Waals surface area contributed by atoms with Gasteiger partial charge in [-0.2, -0.15) is 0 Å². The van der Waals surface area contributed by atoms with Gasteiger partial charge in [-0.25, -0.2) is 4.98 Å². The Bertz CT molecular complexity index is 754. The number of hydrogen-bond acceptors (Lipinski definition) is 6.